The molecule has 0 bridgehead atoms. The lowest BCUT2D eigenvalue weighted by atomic mass is 10.1. The summed E-state index contributed by atoms with van der Waals surface area (Å²) in [6.07, 6.45) is 1.67. The van der Waals surface area contributed by atoms with Gasteiger partial charge < -0.3 is 18.9 Å². The van der Waals surface area contributed by atoms with Crippen molar-refractivity contribution in [3.63, 3.8) is 0 Å². The molecule has 0 aliphatic carbocycles. The Balaban J connectivity index is 1.74. The third-order valence-corrected chi connectivity index (χ3v) is 4.73. The molecule has 28 heavy (non-hydrogen) atoms. The van der Waals surface area contributed by atoms with Gasteiger partial charge in [0.1, 0.15) is 11.5 Å². The van der Waals surface area contributed by atoms with E-state index in [1.54, 1.807) is 34.7 Å². The Morgan fingerprint density at radius 2 is 1.64 bits per heavy atom. The maximum absolute atomic E-state index is 5.35. The van der Waals surface area contributed by atoms with Gasteiger partial charge in [0.05, 0.1) is 40.3 Å². The Kier molecular flexibility index (Phi) is 6.33. The standard InChI is InChI=1S/C20H21N3O4S/c1-24-15-6-8-17(25-2)14(9-15)11-21-23-20-22-16(12-28-20)13-5-7-18(26-3)19(10-13)27-4/h5-12H,1-4H3,(H,22,23)/b21-11-. The highest BCUT2D eigenvalue weighted by Crippen LogP contribution is 2.33. The van der Waals surface area contributed by atoms with E-state index >= 15 is 0 Å². The normalized spacial score (nSPS) is 10.7. The first-order valence-corrected chi connectivity index (χ1v) is 9.25. The van der Waals surface area contributed by atoms with Crippen molar-refractivity contribution < 1.29 is 18.9 Å². The van der Waals surface area contributed by atoms with Crippen LogP contribution in [0.5, 0.6) is 23.0 Å². The summed E-state index contributed by atoms with van der Waals surface area (Å²) in [5, 5.41) is 6.88. The summed E-state index contributed by atoms with van der Waals surface area (Å²) in [7, 11) is 6.45. The van der Waals surface area contributed by atoms with Crippen molar-refractivity contribution in [2.45, 2.75) is 0 Å². The van der Waals surface area contributed by atoms with E-state index in [2.05, 4.69) is 15.5 Å². The molecule has 0 fully saturated rings. The first-order chi connectivity index (χ1) is 13.7. The lowest BCUT2D eigenvalue weighted by Gasteiger charge is -2.08. The number of thiazole rings is 1. The molecule has 0 unspecified atom stereocenters. The second kappa shape index (κ2) is 9.09. The van der Waals surface area contributed by atoms with Gasteiger partial charge in [-0.1, -0.05) is 0 Å². The highest BCUT2D eigenvalue weighted by atomic mass is 32.1. The summed E-state index contributed by atoms with van der Waals surface area (Å²) in [5.74, 6) is 2.77. The van der Waals surface area contributed by atoms with Crippen molar-refractivity contribution in [1.82, 2.24) is 4.98 Å². The number of rotatable bonds is 8. The van der Waals surface area contributed by atoms with Gasteiger partial charge in [-0.3, -0.25) is 5.43 Å². The minimum Gasteiger partial charge on any atom is -0.497 e. The van der Waals surface area contributed by atoms with Crippen LogP contribution in [0.15, 0.2) is 46.9 Å². The number of hydrogen-bond donors (Lipinski definition) is 1. The molecule has 0 amide bonds. The fourth-order valence-corrected chi connectivity index (χ4v) is 3.22. The first-order valence-electron chi connectivity index (χ1n) is 8.37. The molecule has 2 aromatic carbocycles. The van der Waals surface area contributed by atoms with Gasteiger partial charge in [-0.15, -0.1) is 11.3 Å². The molecule has 0 aliphatic rings. The second-order valence-electron chi connectivity index (χ2n) is 5.59. The third kappa shape index (κ3) is 4.34. The summed E-state index contributed by atoms with van der Waals surface area (Å²) in [6.45, 7) is 0. The summed E-state index contributed by atoms with van der Waals surface area (Å²) in [4.78, 5) is 4.56. The zero-order valence-electron chi connectivity index (χ0n) is 16.1. The molecule has 0 atom stereocenters. The van der Waals surface area contributed by atoms with Crippen LogP contribution < -0.4 is 24.4 Å². The number of benzene rings is 2. The monoisotopic (exact) mass is 399 g/mol. The molecule has 0 saturated heterocycles. The van der Waals surface area contributed by atoms with E-state index in [4.69, 9.17) is 18.9 Å². The molecular formula is C20H21N3O4S. The molecule has 3 rings (SSSR count). The highest BCUT2D eigenvalue weighted by molar-refractivity contribution is 7.14. The number of nitrogens with zero attached hydrogens (tertiary/aromatic N) is 2. The van der Waals surface area contributed by atoms with Crippen LogP contribution in [0.2, 0.25) is 0 Å². The number of ether oxygens (including phenoxy) is 4. The van der Waals surface area contributed by atoms with E-state index in [-0.39, 0.29) is 0 Å². The first kappa shape index (κ1) is 19.5. The zero-order chi connectivity index (χ0) is 19.9. The van der Waals surface area contributed by atoms with Gasteiger partial charge >= 0.3 is 0 Å². The van der Waals surface area contributed by atoms with Crippen molar-refractivity contribution >= 4 is 22.7 Å². The summed E-state index contributed by atoms with van der Waals surface area (Å²) in [6, 6.07) is 11.2. The quantitative estimate of drug-likeness (QED) is 0.450. The Hall–Kier alpha value is -3.26. The number of hydrogen-bond acceptors (Lipinski definition) is 8. The van der Waals surface area contributed by atoms with Crippen LogP contribution in [0.4, 0.5) is 5.13 Å². The zero-order valence-corrected chi connectivity index (χ0v) is 16.9. The molecule has 1 N–H and O–H groups in total. The average molecular weight is 399 g/mol. The molecule has 1 heterocycles. The number of methoxy groups -OCH3 is 4. The number of anilines is 1. The van der Waals surface area contributed by atoms with Gasteiger partial charge in [-0.2, -0.15) is 5.10 Å². The van der Waals surface area contributed by atoms with Crippen LogP contribution >= 0.6 is 11.3 Å². The Bertz CT molecular complexity index is 972. The van der Waals surface area contributed by atoms with Crippen molar-refractivity contribution in [1.29, 1.82) is 0 Å². The number of hydrazone groups is 1. The van der Waals surface area contributed by atoms with E-state index in [1.165, 1.54) is 11.3 Å². The molecule has 1 aromatic heterocycles. The Morgan fingerprint density at radius 1 is 0.893 bits per heavy atom. The summed E-state index contributed by atoms with van der Waals surface area (Å²) < 4.78 is 21.2. The van der Waals surface area contributed by atoms with Crippen LogP contribution in [0.25, 0.3) is 11.3 Å². The molecule has 0 saturated carbocycles. The lowest BCUT2D eigenvalue weighted by molar-refractivity contribution is 0.355. The van der Waals surface area contributed by atoms with Gasteiger partial charge in [-0.05, 0) is 36.4 Å². The van der Waals surface area contributed by atoms with Crippen molar-refractivity contribution in [3.8, 4) is 34.3 Å². The van der Waals surface area contributed by atoms with E-state index in [0.29, 0.717) is 22.4 Å². The third-order valence-electron chi connectivity index (χ3n) is 3.98. The smallest absolute Gasteiger partial charge is 0.203 e. The number of aromatic nitrogens is 1. The van der Waals surface area contributed by atoms with Crippen molar-refractivity contribution in [2.75, 3.05) is 33.9 Å². The van der Waals surface area contributed by atoms with E-state index < -0.39 is 0 Å². The van der Waals surface area contributed by atoms with Crippen LogP contribution in [0.3, 0.4) is 0 Å². The van der Waals surface area contributed by atoms with Crippen molar-refractivity contribution in [3.05, 3.63) is 47.3 Å². The fourth-order valence-electron chi connectivity index (χ4n) is 2.55. The van der Waals surface area contributed by atoms with Gasteiger partial charge in [0.25, 0.3) is 0 Å². The molecule has 7 nitrogen and oxygen atoms in total. The highest BCUT2D eigenvalue weighted by Gasteiger charge is 2.09. The molecule has 3 aromatic rings. The van der Waals surface area contributed by atoms with E-state index in [0.717, 1.165) is 22.6 Å². The summed E-state index contributed by atoms with van der Waals surface area (Å²) >= 11 is 1.46. The molecule has 8 heteroatoms. The fraction of sp³-hybridized carbons (Fsp3) is 0.200. The van der Waals surface area contributed by atoms with Gasteiger partial charge in [0.15, 0.2) is 11.5 Å². The predicted octanol–water partition coefficient (Wildman–Crippen LogP) is 4.29. The summed E-state index contributed by atoms with van der Waals surface area (Å²) in [5.41, 5.74) is 5.50. The molecule has 0 radical (unpaired) electrons. The average Bonchev–Trinajstić information content (AvgIpc) is 3.22. The number of nitrogens with one attached hydrogen (secondary N) is 1. The molecular weight excluding hydrogens is 378 g/mol. The second-order valence-corrected chi connectivity index (χ2v) is 6.44. The van der Waals surface area contributed by atoms with Gasteiger partial charge in [-0.25, -0.2) is 4.98 Å². The van der Waals surface area contributed by atoms with Crippen LogP contribution in [0, 0.1) is 0 Å². The largest absolute Gasteiger partial charge is 0.497 e. The minimum absolute atomic E-state index is 0.658. The van der Waals surface area contributed by atoms with E-state index in [9.17, 15) is 0 Å². The van der Waals surface area contributed by atoms with Gasteiger partial charge in [0, 0.05) is 16.5 Å². The Labute approximate surface area is 167 Å². The minimum atomic E-state index is 0.658. The maximum atomic E-state index is 5.35. The van der Waals surface area contributed by atoms with Crippen LogP contribution in [-0.2, 0) is 0 Å². The maximum Gasteiger partial charge on any atom is 0.203 e. The van der Waals surface area contributed by atoms with Crippen LogP contribution in [-0.4, -0.2) is 39.6 Å². The SMILES string of the molecule is COc1ccc(OC)c(/C=N\Nc2nc(-c3ccc(OC)c(OC)c3)cs2)c1. The topological polar surface area (TPSA) is 74.2 Å². The molecule has 0 aliphatic heterocycles. The van der Waals surface area contributed by atoms with Gasteiger partial charge in [0.2, 0.25) is 5.13 Å². The van der Waals surface area contributed by atoms with E-state index in [1.807, 2.05) is 41.8 Å². The van der Waals surface area contributed by atoms with Crippen molar-refractivity contribution in [2.24, 2.45) is 5.10 Å². The Morgan fingerprint density at radius 3 is 2.36 bits per heavy atom. The lowest BCUT2D eigenvalue weighted by Crippen LogP contribution is -1.95. The predicted molar refractivity (Wildman–Crippen MR) is 111 cm³/mol. The molecule has 146 valence electrons. The molecule has 0 spiro atoms. The van der Waals surface area contributed by atoms with Crippen LogP contribution in [0.1, 0.15) is 5.56 Å².